The van der Waals surface area contributed by atoms with Gasteiger partial charge in [0, 0.05) is 59.3 Å². The number of anilines is 1. The van der Waals surface area contributed by atoms with Crippen LogP contribution in [0.5, 0.6) is 0 Å². The molecule has 1 aliphatic heterocycles. The molecule has 0 saturated carbocycles. The third kappa shape index (κ3) is 5.56. The normalized spacial score (nSPS) is 13.6. The van der Waals surface area contributed by atoms with Gasteiger partial charge in [-0.1, -0.05) is 19.4 Å². The highest BCUT2D eigenvalue weighted by Crippen LogP contribution is 2.32. The summed E-state index contributed by atoms with van der Waals surface area (Å²) in [4.78, 5) is 40.5. The van der Waals surface area contributed by atoms with Gasteiger partial charge in [0.15, 0.2) is 0 Å². The van der Waals surface area contributed by atoms with Crippen molar-refractivity contribution in [2.24, 2.45) is 0 Å². The number of rotatable bonds is 7. The molecule has 0 aliphatic carbocycles. The van der Waals surface area contributed by atoms with Gasteiger partial charge in [0.2, 0.25) is 0 Å². The van der Waals surface area contributed by atoms with Crippen LogP contribution in [0.2, 0.25) is 0 Å². The Morgan fingerprint density at radius 2 is 1.90 bits per heavy atom. The molecule has 1 fully saturated rings. The first-order chi connectivity index (χ1) is 18.9. The van der Waals surface area contributed by atoms with E-state index in [9.17, 15) is 9.59 Å². The molecule has 0 spiro atoms. The van der Waals surface area contributed by atoms with Crippen LogP contribution in [0.25, 0.3) is 22.0 Å². The molecule has 4 aromatic rings. The Morgan fingerprint density at radius 3 is 2.62 bits per heavy atom. The number of aromatic nitrogens is 3. The van der Waals surface area contributed by atoms with Gasteiger partial charge in [-0.2, -0.15) is 0 Å². The SMILES string of the molecule is CCCc1cc(C)[nH]c(=O)c1CNC(=O)c1ccc2c(-c3ccc(N4CCOCC4)nc3)cc(C)nc2c1C. The monoisotopic (exact) mass is 525 g/mol. The fraction of sp³-hybridized carbons (Fsp3) is 0.355. The van der Waals surface area contributed by atoms with E-state index in [2.05, 4.69) is 40.3 Å². The molecule has 4 heterocycles. The largest absolute Gasteiger partial charge is 0.378 e. The van der Waals surface area contributed by atoms with Crippen LogP contribution in [0.15, 0.2) is 47.4 Å². The van der Waals surface area contributed by atoms with Crippen LogP contribution in [-0.2, 0) is 17.7 Å². The fourth-order valence-corrected chi connectivity index (χ4v) is 5.30. The first-order valence-corrected chi connectivity index (χ1v) is 13.6. The summed E-state index contributed by atoms with van der Waals surface area (Å²) in [5.41, 5.74) is 7.30. The second-order valence-corrected chi connectivity index (χ2v) is 10.2. The summed E-state index contributed by atoms with van der Waals surface area (Å²) in [5.74, 6) is 0.722. The van der Waals surface area contributed by atoms with Gasteiger partial charge in [-0.25, -0.2) is 4.98 Å². The van der Waals surface area contributed by atoms with Gasteiger partial charge in [-0.05, 0) is 74.2 Å². The third-order valence-electron chi connectivity index (χ3n) is 7.31. The zero-order valence-corrected chi connectivity index (χ0v) is 23.1. The van der Waals surface area contributed by atoms with E-state index < -0.39 is 0 Å². The minimum Gasteiger partial charge on any atom is -0.378 e. The quantitative estimate of drug-likeness (QED) is 0.365. The Balaban J connectivity index is 1.43. The second-order valence-electron chi connectivity index (χ2n) is 10.2. The average Bonchev–Trinajstić information content (AvgIpc) is 2.93. The summed E-state index contributed by atoms with van der Waals surface area (Å²) < 4.78 is 5.46. The van der Waals surface area contributed by atoms with E-state index in [-0.39, 0.29) is 18.0 Å². The number of carbonyl (C=O) groups excluding carboxylic acids is 1. The summed E-state index contributed by atoms with van der Waals surface area (Å²) in [5, 5.41) is 3.94. The van der Waals surface area contributed by atoms with Crippen LogP contribution in [-0.4, -0.2) is 47.2 Å². The number of H-pyrrole nitrogens is 1. The molecule has 202 valence electrons. The number of nitrogens with zero attached hydrogens (tertiary/aromatic N) is 3. The zero-order valence-electron chi connectivity index (χ0n) is 23.1. The summed E-state index contributed by atoms with van der Waals surface area (Å²) in [6.07, 6.45) is 3.62. The predicted octanol–water partition coefficient (Wildman–Crippen LogP) is 4.63. The minimum absolute atomic E-state index is 0.149. The number of amides is 1. The lowest BCUT2D eigenvalue weighted by molar-refractivity contribution is 0.0950. The highest BCUT2D eigenvalue weighted by atomic mass is 16.5. The lowest BCUT2D eigenvalue weighted by Crippen LogP contribution is -2.36. The number of hydrogen-bond acceptors (Lipinski definition) is 6. The Kier molecular flexibility index (Phi) is 7.74. The van der Waals surface area contributed by atoms with E-state index in [1.165, 1.54) is 0 Å². The molecule has 1 saturated heterocycles. The van der Waals surface area contributed by atoms with Gasteiger partial charge < -0.3 is 19.9 Å². The van der Waals surface area contributed by atoms with Crippen LogP contribution in [0.1, 0.15) is 51.8 Å². The van der Waals surface area contributed by atoms with Crippen molar-refractivity contribution in [2.75, 3.05) is 31.2 Å². The molecule has 3 aromatic heterocycles. The summed E-state index contributed by atoms with van der Waals surface area (Å²) >= 11 is 0. The lowest BCUT2D eigenvalue weighted by Gasteiger charge is -2.27. The number of morpholine rings is 1. The van der Waals surface area contributed by atoms with Gasteiger partial charge in [0.05, 0.1) is 18.7 Å². The first-order valence-electron chi connectivity index (χ1n) is 13.6. The number of pyridine rings is 3. The van der Waals surface area contributed by atoms with E-state index in [1.807, 2.05) is 45.2 Å². The molecule has 8 nitrogen and oxygen atoms in total. The number of aryl methyl sites for hydroxylation is 4. The van der Waals surface area contributed by atoms with Crippen molar-refractivity contribution in [3.8, 4) is 11.1 Å². The van der Waals surface area contributed by atoms with Crippen molar-refractivity contribution in [1.29, 1.82) is 0 Å². The average molecular weight is 526 g/mol. The molecule has 8 heteroatoms. The molecule has 1 amide bonds. The molecule has 5 rings (SSSR count). The Labute approximate surface area is 228 Å². The Morgan fingerprint density at radius 1 is 1.10 bits per heavy atom. The van der Waals surface area contributed by atoms with Crippen LogP contribution in [0.4, 0.5) is 5.82 Å². The first kappa shape index (κ1) is 26.6. The molecule has 0 bridgehead atoms. The second kappa shape index (κ2) is 11.4. The highest BCUT2D eigenvalue weighted by molar-refractivity contribution is 6.04. The van der Waals surface area contributed by atoms with Crippen molar-refractivity contribution in [2.45, 2.75) is 47.1 Å². The van der Waals surface area contributed by atoms with Crippen LogP contribution in [0.3, 0.4) is 0 Å². The van der Waals surface area contributed by atoms with Crippen molar-refractivity contribution >= 4 is 22.6 Å². The Bertz CT molecular complexity index is 1570. The molecule has 39 heavy (non-hydrogen) atoms. The molecule has 1 aliphatic rings. The van der Waals surface area contributed by atoms with Crippen LogP contribution in [0, 0.1) is 20.8 Å². The number of aromatic amines is 1. The Hall–Kier alpha value is -4.04. The standard InChI is InChI=1S/C31H35N5O3/c1-5-6-22-15-19(2)35-31(38)27(22)18-33-30(37)24-8-9-25-26(16-20(3)34-29(25)21(24)4)23-7-10-28(32-17-23)36-11-13-39-14-12-36/h7-10,15-17H,5-6,11-14,18H2,1-4H3,(H,33,37)(H,35,38). The maximum Gasteiger partial charge on any atom is 0.253 e. The zero-order chi connectivity index (χ0) is 27.5. The van der Waals surface area contributed by atoms with Gasteiger partial charge in [0.1, 0.15) is 5.82 Å². The number of hydrogen-bond donors (Lipinski definition) is 2. The topological polar surface area (TPSA) is 100 Å². The maximum absolute atomic E-state index is 13.3. The molecule has 0 unspecified atom stereocenters. The number of nitrogens with one attached hydrogen (secondary N) is 2. The van der Waals surface area contributed by atoms with Crippen LogP contribution >= 0.6 is 0 Å². The summed E-state index contributed by atoms with van der Waals surface area (Å²) in [6, 6.07) is 12.0. The van der Waals surface area contributed by atoms with E-state index in [4.69, 9.17) is 14.7 Å². The number of carbonyl (C=O) groups is 1. The molecule has 0 atom stereocenters. The summed E-state index contributed by atoms with van der Waals surface area (Å²) in [7, 11) is 0. The van der Waals surface area contributed by atoms with Crippen molar-refractivity contribution in [3.05, 3.63) is 86.6 Å². The molecular weight excluding hydrogens is 490 g/mol. The van der Waals surface area contributed by atoms with Gasteiger partial charge in [0.25, 0.3) is 11.5 Å². The van der Waals surface area contributed by atoms with Crippen molar-refractivity contribution in [1.82, 2.24) is 20.3 Å². The summed E-state index contributed by atoms with van der Waals surface area (Å²) in [6.45, 7) is 11.1. The lowest BCUT2D eigenvalue weighted by atomic mass is 9.96. The molecule has 1 aromatic carbocycles. The number of ether oxygens (including phenoxy) is 1. The molecule has 2 N–H and O–H groups in total. The van der Waals surface area contributed by atoms with Gasteiger partial charge in [-0.3, -0.25) is 14.6 Å². The predicted molar refractivity (Wildman–Crippen MR) is 154 cm³/mol. The third-order valence-corrected chi connectivity index (χ3v) is 7.31. The van der Waals surface area contributed by atoms with Gasteiger partial charge >= 0.3 is 0 Å². The van der Waals surface area contributed by atoms with E-state index in [0.29, 0.717) is 24.3 Å². The fourth-order valence-electron chi connectivity index (χ4n) is 5.30. The molecular formula is C31H35N5O3. The molecule has 0 radical (unpaired) electrons. The van der Waals surface area contributed by atoms with Crippen LogP contribution < -0.4 is 15.8 Å². The van der Waals surface area contributed by atoms with E-state index in [0.717, 1.165) is 76.3 Å². The van der Waals surface area contributed by atoms with Crippen molar-refractivity contribution in [3.63, 3.8) is 0 Å². The number of fused-ring (bicyclic) bond motifs is 1. The van der Waals surface area contributed by atoms with E-state index in [1.54, 1.807) is 0 Å². The minimum atomic E-state index is -0.224. The van der Waals surface area contributed by atoms with Crippen molar-refractivity contribution < 1.29 is 9.53 Å². The highest BCUT2D eigenvalue weighted by Gasteiger charge is 2.18. The van der Waals surface area contributed by atoms with Gasteiger partial charge in [-0.15, -0.1) is 0 Å². The number of benzene rings is 1. The van der Waals surface area contributed by atoms with E-state index >= 15 is 0 Å². The maximum atomic E-state index is 13.3. The smallest absolute Gasteiger partial charge is 0.253 e.